The van der Waals surface area contributed by atoms with Gasteiger partial charge in [0.05, 0.1) is 0 Å². The van der Waals surface area contributed by atoms with Gasteiger partial charge in [0.1, 0.15) is 4.32 Å². The van der Waals surface area contributed by atoms with Gasteiger partial charge in [-0.05, 0) is 39.2 Å². The van der Waals surface area contributed by atoms with Gasteiger partial charge >= 0.3 is 29.6 Å². The number of nitrogens with one attached hydrogen (secondary N) is 1. The van der Waals surface area contributed by atoms with Crippen LogP contribution in [0, 0.1) is 0 Å². The van der Waals surface area contributed by atoms with Crippen LogP contribution in [0.4, 0.5) is 0 Å². The largest absolute Gasteiger partial charge is 1.00 e. The van der Waals surface area contributed by atoms with Crippen LogP contribution in [0.5, 0.6) is 0 Å². The van der Waals surface area contributed by atoms with E-state index in [1.807, 2.05) is 0 Å². The maximum atomic E-state index is 5.09. The summed E-state index contributed by atoms with van der Waals surface area (Å²) in [5.41, 5.74) is 0. The van der Waals surface area contributed by atoms with Crippen molar-refractivity contribution in [2.75, 3.05) is 13.1 Å². The van der Waals surface area contributed by atoms with Gasteiger partial charge in [-0.3, -0.25) is 0 Å². The molecule has 1 N–H and O–H groups in total. The minimum atomic E-state index is 0. The smallest absolute Gasteiger partial charge is 1.00 e. The van der Waals surface area contributed by atoms with Gasteiger partial charge in [0.25, 0.3) is 0 Å². The zero-order chi connectivity index (χ0) is 15.5. The minimum Gasteiger partial charge on any atom is -1.00 e. The van der Waals surface area contributed by atoms with Gasteiger partial charge in [-0.2, -0.15) is 0 Å². The zero-order valence-corrected chi connectivity index (χ0v) is 18.7. The average molecular weight is 355 g/mol. The third-order valence-corrected chi connectivity index (χ3v) is 5.19. The predicted molar refractivity (Wildman–Crippen MR) is 102 cm³/mol. The van der Waals surface area contributed by atoms with Crippen LogP contribution in [-0.2, 0) is 0 Å². The fourth-order valence-corrected chi connectivity index (χ4v) is 4.12. The molecule has 5 heteroatoms. The molecule has 0 aromatic carbocycles. The second kappa shape index (κ2) is 14.5. The van der Waals surface area contributed by atoms with Crippen LogP contribution >= 0.6 is 24.8 Å². The average Bonchev–Trinajstić information content (AvgIpc) is 2.51. The van der Waals surface area contributed by atoms with Crippen LogP contribution in [0.3, 0.4) is 0 Å². The SMILES string of the molecule is CCN(C(=S)S)C1CCCCC1.CCNC1CCCCC1.[H-].[Na+]. The summed E-state index contributed by atoms with van der Waals surface area (Å²) in [7, 11) is 0. The fraction of sp³-hybridized carbons (Fsp3) is 0.941. The van der Waals surface area contributed by atoms with Crippen molar-refractivity contribution in [2.45, 2.75) is 90.1 Å². The number of rotatable bonds is 4. The number of thiocarbonyl (C=S) groups is 1. The molecule has 2 aliphatic rings. The van der Waals surface area contributed by atoms with Crippen molar-refractivity contribution >= 4 is 29.2 Å². The van der Waals surface area contributed by atoms with Crippen molar-refractivity contribution in [1.82, 2.24) is 10.2 Å². The predicted octanol–water partition coefficient (Wildman–Crippen LogP) is 1.90. The number of nitrogens with zero attached hydrogens (tertiary/aromatic N) is 1. The monoisotopic (exact) mass is 354 g/mol. The first-order valence-electron chi connectivity index (χ1n) is 8.92. The van der Waals surface area contributed by atoms with Crippen LogP contribution in [0.2, 0.25) is 0 Å². The van der Waals surface area contributed by atoms with Gasteiger partial charge in [0, 0.05) is 18.6 Å². The summed E-state index contributed by atoms with van der Waals surface area (Å²) in [6.45, 7) is 6.49. The molecule has 2 rings (SSSR count). The summed E-state index contributed by atoms with van der Waals surface area (Å²) >= 11 is 9.33. The summed E-state index contributed by atoms with van der Waals surface area (Å²) in [6, 6.07) is 1.53. The second-order valence-corrected chi connectivity index (χ2v) is 7.37. The van der Waals surface area contributed by atoms with Crippen molar-refractivity contribution in [3.63, 3.8) is 0 Å². The Kier molecular flexibility index (Phi) is 15.3. The summed E-state index contributed by atoms with van der Waals surface area (Å²) in [5.74, 6) is 0. The molecule has 0 amide bonds. The third-order valence-electron chi connectivity index (χ3n) is 4.70. The van der Waals surface area contributed by atoms with Gasteiger partial charge < -0.3 is 11.6 Å². The van der Waals surface area contributed by atoms with E-state index < -0.39 is 0 Å². The van der Waals surface area contributed by atoms with E-state index in [0.717, 1.165) is 23.5 Å². The molecule has 0 aromatic rings. The van der Waals surface area contributed by atoms with E-state index in [9.17, 15) is 0 Å². The fourth-order valence-electron chi connectivity index (χ4n) is 3.54. The van der Waals surface area contributed by atoms with E-state index in [4.69, 9.17) is 12.2 Å². The summed E-state index contributed by atoms with van der Waals surface area (Å²) < 4.78 is 0.768. The molecule has 0 bridgehead atoms. The topological polar surface area (TPSA) is 15.3 Å². The molecule has 0 heterocycles. The van der Waals surface area contributed by atoms with E-state index in [-0.39, 0.29) is 31.0 Å². The van der Waals surface area contributed by atoms with Gasteiger partial charge in [0.15, 0.2) is 0 Å². The Labute approximate surface area is 172 Å². The van der Waals surface area contributed by atoms with Crippen molar-refractivity contribution in [3.05, 3.63) is 0 Å². The maximum Gasteiger partial charge on any atom is 1.00 e. The number of thiol groups is 1. The van der Waals surface area contributed by atoms with Crippen LogP contribution in [0.25, 0.3) is 0 Å². The zero-order valence-electron chi connectivity index (χ0n) is 15.9. The van der Waals surface area contributed by atoms with Crippen molar-refractivity contribution < 1.29 is 31.0 Å². The quantitative estimate of drug-likeness (QED) is 0.456. The normalized spacial score (nSPS) is 19.6. The molecule has 0 saturated heterocycles. The molecule has 0 spiro atoms. The van der Waals surface area contributed by atoms with Gasteiger partial charge in [-0.1, -0.05) is 57.7 Å². The molecular formula is C17H35N2NaS2. The summed E-state index contributed by atoms with van der Waals surface area (Å²) in [6.07, 6.45) is 13.9. The third kappa shape index (κ3) is 9.48. The Bertz CT molecular complexity index is 281. The second-order valence-electron chi connectivity index (χ2n) is 6.25. The molecule has 2 fully saturated rings. The molecule has 22 heavy (non-hydrogen) atoms. The molecular weight excluding hydrogens is 319 g/mol. The van der Waals surface area contributed by atoms with Crippen LogP contribution in [0.1, 0.15) is 79.5 Å². The van der Waals surface area contributed by atoms with E-state index in [2.05, 4.69) is 36.7 Å². The first-order valence-corrected chi connectivity index (χ1v) is 9.77. The Hall–Kier alpha value is 1.20. The van der Waals surface area contributed by atoms with Gasteiger partial charge in [-0.25, -0.2) is 0 Å². The first kappa shape index (κ1) is 23.2. The number of hydrogen-bond donors (Lipinski definition) is 2. The molecule has 0 atom stereocenters. The van der Waals surface area contributed by atoms with E-state index in [1.165, 1.54) is 64.2 Å². The Morgan fingerprint density at radius 3 is 1.95 bits per heavy atom. The summed E-state index contributed by atoms with van der Waals surface area (Å²) in [4.78, 5) is 2.25. The van der Waals surface area contributed by atoms with Crippen LogP contribution < -0.4 is 34.9 Å². The minimum absolute atomic E-state index is 0. The Balaban J connectivity index is 0. The molecule has 2 saturated carbocycles. The number of hydrogen-bond acceptors (Lipinski definition) is 2. The van der Waals surface area contributed by atoms with Crippen molar-refractivity contribution in [3.8, 4) is 0 Å². The van der Waals surface area contributed by atoms with E-state index >= 15 is 0 Å². The van der Waals surface area contributed by atoms with Crippen molar-refractivity contribution in [2.24, 2.45) is 0 Å². The molecule has 0 aromatic heterocycles. The van der Waals surface area contributed by atoms with Crippen LogP contribution in [-0.4, -0.2) is 34.4 Å². The molecule has 0 aliphatic heterocycles. The van der Waals surface area contributed by atoms with Gasteiger partial charge in [0.2, 0.25) is 0 Å². The Morgan fingerprint density at radius 2 is 1.55 bits per heavy atom. The summed E-state index contributed by atoms with van der Waals surface area (Å²) in [5, 5.41) is 3.48. The first-order chi connectivity index (χ1) is 10.2. The van der Waals surface area contributed by atoms with Crippen molar-refractivity contribution in [1.29, 1.82) is 0 Å². The van der Waals surface area contributed by atoms with E-state index in [0.29, 0.717) is 6.04 Å². The molecule has 0 unspecified atom stereocenters. The maximum absolute atomic E-state index is 5.09. The van der Waals surface area contributed by atoms with Gasteiger partial charge in [-0.15, -0.1) is 12.6 Å². The molecule has 2 nitrogen and oxygen atoms in total. The molecule has 0 radical (unpaired) electrons. The molecule has 2 aliphatic carbocycles. The standard InChI is InChI=1S/C9H17NS2.C8H17N.Na.H/c1-2-10(9(11)12)8-6-4-3-5-7-8;1-2-9-8-6-4-3-5-7-8;;/h8H,2-7H2,1H3,(H,11,12);8-9H,2-7H2,1H3;;/q;;+1;-1. The molecule has 126 valence electrons. The van der Waals surface area contributed by atoms with Crippen LogP contribution in [0.15, 0.2) is 0 Å². The Morgan fingerprint density at radius 1 is 1.05 bits per heavy atom. The van der Waals surface area contributed by atoms with E-state index in [1.54, 1.807) is 0 Å².